The second-order valence-electron chi connectivity index (χ2n) is 33.2. The zero-order chi connectivity index (χ0) is 102. The number of anilines is 2. The number of aliphatic carboxylic acids is 5. The molecule has 0 aliphatic carbocycles. The number of carbonyl (C=O) groups is 12. The van der Waals surface area contributed by atoms with Crippen LogP contribution < -0.4 is 68.2 Å². The third kappa shape index (κ3) is 34.3. The van der Waals surface area contributed by atoms with E-state index >= 15 is 0 Å². The smallest absolute Gasteiger partial charge is 0.323 e. The van der Waals surface area contributed by atoms with Crippen LogP contribution in [0.5, 0.6) is 0 Å². The summed E-state index contributed by atoms with van der Waals surface area (Å²) in [4.78, 5) is 210. The van der Waals surface area contributed by atoms with Crippen molar-refractivity contribution in [1.82, 2.24) is 95.3 Å². The van der Waals surface area contributed by atoms with E-state index in [0.29, 0.717) is 45.3 Å². The van der Waals surface area contributed by atoms with Gasteiger partial charge in [0.2, 0.25) is 60.4 Å². The van der Waals surface area contributed by atoms with Crippen LogP contribution in [0.4, 0.5) is 11.9 Å². The van der Waals surface area contributed by atoms with Crippen LogP contribution in [0.1, 0.15) is 90.9 Å². The number of hydrogen-bond donors (Lipinski definition) is 20. The van der Waals surface area contributed by atoms with Crippen LogP contribution in [0.25, 0.3) is 21.8 Å². The molecule has 7 amide bonds. The first kappa shape index (κ1) is 113. The summed E-state index contributed by atoms with van der Waals surface area (Å²) in [6, 6.07) is 4.86. The van der Waals surface area contributed by atoms with Crippen molar-refractivity contribution in [2.45, 2.75) is 133 Å². The number of nitrogens with one attached hydrogen (secondary N) is 13. The molecule has 769 valence electrons. The van der Waals surface area contributed by atoms with Crippen molar-refractivity contribution >= 4 is 145 Å². The van der Waals surface area contributed by atoms with E-state index in [1.165, 1.54) is 81.0 Å². The van der Waals surface area contributed by atoms with Crippen molar-refractivity contribution in [2.24, 2.45) is 0 Å². The number of imidazole rings is 2. The Morgan fingerprint density at radius 2 is 0.786 bits per heavy atom. The largest absolute Gasteiger partial charge is 0.480 e. The van der Waals surface area contributed by atoms with Gasteiger partial charge in [-0.05, 0) is 118 Å². The van der Waals surface area contributed by atoms with Gasteiger partial charge in [0.25, 0.3) is 32.1 Å². The maximum Gasteiger partial charge on any atom is 0.323 e. The molecule has 140 heavy (non-hydrogen) atoms. The Bertz CT molecular complexity index is 6450. The number of rotatable bonds is 49. The molecule has 4 aromatic carbocycles. The number of carbonyl (C=O) groups excluding carboxylic acids is 7. The van der Waals surface area contributed by atoms with Gasteiger partial charge < -0.3 is 92.5 Å². The third-order valence-electron chi connectivity index (χ3n) is 22.0. The molecule has 1 fully saturated rings. The molecule has 0 bridgehead atoms. The minimum atomic E-state index is -5.31. The number of H-pyrrole nitrogens is 2. The molecule has 50 nitrogen and oxygen atoms in total. The molecular weight excluding hydrogens is 2080 g/mol. The molecule has 20 N–H and O–H groups in total. The molecule has 5 unspecified atom stereocenters. The Morgan fingerprint density at radius 3 is 1.12 bits per heavy atom. The SMILES string of the molecule is Cc1cc(C)c(S(=O)(=O)NC(CNC(=O)c2cn(CCCNC(=O)C(CS(=O)(=O)O)NC(=O)CCC(NC(=O)CN3CCN(CC(=O)O)CCN(CC(=O)O)CCN(CC(=O)O)CC3)C(=O)NC(CS(=O)(=O)O)C(=O)NCCCn3cc(C(=O)NCC(NS(=O)(=O)c4c(C)cc(C)cc4C)C(=O)O)c(=O)c4ccc(CNc5ncc[nH]5)cc43)c3cc(CNc4ncc[nH]4)ccc3c2=O)C(=O)O)c(C)c1.[177Lu]. The molecule has 5 atom stereocenters. The standard InChI is InChI=1S/C85H111N21O29S4.Lu/c1-49-31-51(3)75(52(4)32-49)138(132,133)99-62(82(122)123)39-92-77(117)59-41-105(66-35-55(9-11-57(66)73(59)115)37-94-84-88-17-18-89-84)21-7-15-86-79(119)64(47-136(126,127)128)97-68(107)14-13-61(96-69(108)43-101-23-25-102(44-70(109)110)27-29-104(46-72(113)114)30-28-103(26-24-101)45-71(111)112)81(121)98-65(48-137(129,130)131)80(120)87-16-8-22-106-42-60(74(116)58-12-10-56(36-67(58)106)38-95-85-90-19-20-91-85)78(118)93-40-63(83(124)125)100-139(134,135)76-53(5)33-50(2)34-54(76)6;/h9-12,17-20,31-36,41-42,61-65,99-100H,7-8,13-16,21-30,37-40,43-48H2,1-6H3,(H,86,119)(H,87,120)(H,92,117)(H,93,118)(H,96,108)(H,97,107)(H,98,121)(H,109,110)(H,111,112)(H,113,114)(H,122,123)(H,124,125)(H2,88,89,94)(H2,90,91,95)(H,126,127,128)(H,129,130,131);/i;1+2. The summed E-state index contributed by atoms with van der Waals surface area (Å²) >= 11 is 0. The molecule has 1 aliphatic rings. The van der Waals surface area contributed by atoms with Gasteiger partial charge in [0.05, 0.1) is 47.0 Å². The average Bonchev–Trinajstić information content (AvgIpc) is 0.870. The number of amides is 7. The quantitative estimate of drug-likeness (QED) is 0.0137. The Labute approximate surface area is 831 Å². The van der Waals surface area contributed by atoms with Crippen molar-refractivity contribution in [3.8, 4) is 0 Å². The number of hydrogen-bond acceptors (Lipinski definition) is 30. The molecular formula is C85H111LuN21O29S4. The topological polar surface area (TPSA) is 730 Å². The summed E-state index contributed by atoms with van der Waals surface area (Å²) in [6.45, 7) is 3.59. The van der Waals surface area contributed by atoms with Crippen LogP contribution in [0.3, 0.4) is 0 Å². The number of carboxylic acids is 5. The molecule has 0 saturated carbocycles. The number of aromatic amines is 2. The Hall–Kier alpha value is -12.3. The zero-order valence-corrected chi connectivity index (χ0v) is 81.5. The van der Waals surface area contributed by atoms with Crippen LogP contribution in [0.2, 0.25) is 0 Å². The molecule has 4 aromatic heterocycles. The summed E-state index contributed by atoms with van der Waals surface area (Å²) < 4.78 is 133. The predicted molar refractivity (Wildman–Crippen MR) is 499 cm³/mol. The van der Waals surface area contributed by atoms with E-state index in [9.17, 15) is 135 Å². The Kier molecular flexibility index (Phi) is 41.3. The second-order valence-corrected chi connectivity index (χ2v) is 39.5. The molecule has 1 saturated heterocycles. The number of carboxylic acid groups (broad SMARTS) is 5. The van der Waals surface area contributed by atoms with Gasteiger partial charge in [0.1, 0.15) is 52.8 Å². The summed E-state index contributed by atoms with van der Waals surface area (Å²) in [6.07, 6.45) is 6.08. The first-order valence-corrected chi connectivity index (χ1v) is 49.5. The van der Waals surface area contributed by atoms with Crippen LogP contribution >= 0.6 is 0 Å². The maximum atomic E-state index is 14.9. The molecule has 8 aromatic rings. The van der Waals surface area contributed by atoms with E-state index in [1.807, 2.05) is 0 Å². The predicted octanol–water partition coefficient (Wildman–Crippen LogP) is -2.64. The molecule has 1 radical (unpaired) electrons. The van der Waals surface area contributed by atoms with Gasteiger partial charge in [-0.2, -0.15) is 26.3 Å². The number of sulfonamides is 2. The first-order chi connectivity index (χ1) is 65.4. The van der Waals surface area contributed by atoms with Crippen molar-refractivity contribution in [1.29, 1.82) is 0 Å². The minimum absolute atomic E-state index is 0. The van der Waals surface area contributed by atoms with Crippen LogP contribution in [0, 0.1) is 78.4 Å². The zero-order valence-electron chi connectivity index (χ0n) is 76.6. The summed E-state index contributed by atoms with van der Waals surface area (Å²) in [7, 11) is -19.6. The van der Waals surface area contributed by atoms with Crippen molar-refractivity contribution in [3.63, 3.8) is 0 Å². The number of nitrogens with zero attached hydrogens (tertiary/aromatic N) is 8. The molecule has 1 aliphatic heterocycles. The fourth-order valence-corrected chi connectivity index (χ4v) is 20.4. The Morgan fingerprint density at radius 1 is 0.436 bits per heavy atom. The van der Waals surface area contributed by atoms with E-state index in [2.05, 4.69) is 77.2 Å². The molecule has 5 heterocycles. The van der Waals surface area contributed by atoms with Crippen LogP contribution in [-0.2, 0) is 114 Å². The second kappa shape index (κ2) is 51.2. The maximum absolute atomic E-state index is 14.9. The average molecular weight is 2200 g/mol. The van der Waals surface area contributed by atoms with Crippen molar-refractivity contribution in [2.75, 3.05) is 127 Å². The van der Waals surface area contributed by atoms with Gasteiger partial charge in [-0.25, -0.2) is 26.8 Å². The molecule has 55 heteroatoms. The molecule has 0 spiro atoms. The summed E-state index contributed by atoms with van der Waals surface area (Å²) in [5, 5.41) is 72.1. The third-order valence-corrected chi connectivity index (χ3v) is 27.1. The number of pyridine rings is 2. The van der Waals surface area contributed by atoms with E-state index in [4.69, 9.17) is 0 Å². The van der Waals surface area contributed by atoms with Gasteiger partial charge in [0, 0.05) is 196 Å². The van der Waals surface area contributed by atoms with Gasteiger partial charge in [-0.3, -0.25) is 95.8 Å². The van der Waals surface area contributed by atoms with E-state index in [1.54, 1.807) is 74.8 Å². The first-order valence-electron chi connectivity index (χ1n) is 43.3. The minimum Gasteiger partial charge on any atom is -0.480 e. The summed E-state index contributed by atoms with van der Waals surface area (Å²) in [5.74, 6) is -18.3. The van der Waals surface area contributed by atoms with E-state index in [-0.39, 0.29) is 160 Å². The summed E-state index contributed by atoms with van der Waals surface area (Å²) in [5.41, 5.74) is 1.31. The fraction of sp³-hybridized carbons (Fsp3) is 0.435. The monoisotopic (exact) mass is 2190 g/mol. The van der Waals surface area contributed by atoms with Gasteiger partial charge >= 0.3 is 29.8 Å². The Balaban J connectivity index is 0.0000240. The number of aromatic nitrogens is 6. The van der Waals surface area contributed by atoms with Gasteiger partial charge in [0.15, 0.2) is 11.9 Å². The normalized spacial score (nSPS) is 14.5. The van der Waals surface area contributed by atoms with Crippen molar-refractivity contribution in [3.05, 3.63) is 174 Å². The molecule has 9 rings (SSSR count). The van der Waals surface area contributed by atoms with Gasteiger partial charge in [-0.15, -0.1) is 0 Å². The van der Waals surface area contributed by atoms with Gasteiger partial charge in [-0.1, -0.05) is 47.5 Å². The number of fused-ring (bicyclic) bond motifs is 2. The van der Waals surface area contributed by atoms with Crippen molar-refractivity contribution < 1.29 is 163 Å². The number of aryl methyl sites for hydroxylation is 8. The van der Waals surface area contributed by atoms with Crippen LogP contribution in [-0.4, -0.2) is 335 Å². The fourth-order valence-electron chi connectivity index (χ4n) is 15.8. The number of benzene rings is 4. The van der Waals surface area contributed by atoms with Crippen LogP contribution in [0.15, 0.2) is 117 Å². The van der Waals surface area contributed by atoms with E-state index in [0.717, 1.165) is 23.5 Å². The van der Waals surface area contributed by atoms with E-state index < -0.39 is 240 Å².